The highest BCUT2D eigenvalue weighted by molar-refractivity contribution is 9.10. The number of esters is 2. The zero-order valence-electron chi connectivity index (χ0n) is 28.2. The quantitative estimate of drug-likeness (QED) is 0.0694. The minimum atomic E-state index is -1.49. The van der Waals surface area contributed by atoms with Gasteiger partial charge in [0.1, 0.15) is 17.6 Å². The molecule has 1 atom stereocenters. The Kier molecular flexibility index (Phi) is 18.4. The lowest BCUT2D eigenvalue weighted by molar-refractivity contribution is -0.157. The van der Waals surface area contributed by atoms with Gasteiger partial charge < -0.3 is 14.2 Å². The lowest BCUT2D eigenvalue weighted by atomic mass is 9.83. The number of carbonyl (C=O) groups excluding carboxylic acids is 2. The number of carbonyl (C=O) groups is 2. The average molecular weight is 704 g/mol. The first kappa shape index (κ1) is 38.0. The number of ether oxygens (including phenoxy) is 3. The van der Waals surface area contributed by atoms with Crippen molar-refractivity contribution in [1.82, 2.24) is 0 Å². The van der Waals surface area contributed by atoms with Crippen LogP contribution in [0.2, 0.25) is 0 Å². The molecule has 1 saturated carbocycles. The van der Waals surface area contributed by atoms with Crippen molar-refractivity contribution in [3.05, 3.63) is 58.1 Å². The van der Waals surface area contributed by atoms with Crippen LogP contribution in [0.1, 0.15) is 145 Å². The Morgan fingerprint density at radius 2 is 1.46 bits per heavy atom. The molecule has 0 aromatic heterocycles. The number of rotatable bonds is 22. The molecule has 0 bridgehead atoms. The van der Waals surface area contributed by atoms with Gasteiger partial charge in [0.15, 0.2) is 6.17 Å². The highest BCUT2D eigenvalue weighted by atomic mass is 79.9. The van der Waals surface area contributed by atoms with E-state index in [0.717, 1.165) is 61.6 Å². The Labute approximate surface area is 285 Å². The molecular weight excluding hydrogens is 647 g/mol. The van der Waals surface area contributed by atoms with Crippen LogP contribution in [0, 0.1) is 5.92 Å². The van der Waals surface area contributed by atoms with Gasteiger partial charge in [0, 0.05) is 0 Å². The van der Waals surface area contributed by atoms with Crippen LogP contribution < -0.4 is 9.47 Å². The summed E-state index contributed by atoms with van der Waals surface area (Å²) in [5.41, 5.74) is 1.66. The van der Waals surface area contributed by atoms with Crippen molar-refractivity contribution in [3.8, 4) is 11.5 Å². The molecule has 7 heteroatoms. The second-order valence-electron chi connectivity index (χ2n) is 12.9. The fourth-order valence-electron chi connectivity index (χ4n) is 6.06. The maximum atomic E-state index is 13.9. The molecule has 0 unspecified atom stereocenters. The van der Waals surface area contributed by atoms with Crippen LogP contribution in [0.25, 0.3) is 0 Å². The fourth-order valence-corrected chi connectivity index (χ4v) is 6.55. The summed E-state index contributed by atoms with van der Waals surface area (Å²) in [7, 11) is 0. The summed E-state index contributed by atoms with van der Waals surface area (Å²) < 4.78 is 31.7. The zero-order chi connectivity index (χ0) is 33.0. The first-order chi connectivity index (χ1) is 22.4. The molecule has 0 saturated heterocycles. The Morgan fingerprint density at radius 1 is 0.826 bits per heavy atom. The van der Waals surface area contributed by atoms with E-state index >= 15 is 0 Å². The largest absolute Gasteiger partial charge is 0.492 e. The smallest absolute Gasteiger partial charge is 0.343 e. The number of aryl methyl sites for hydroxylation is 1. The first-order valence-corrected chi connectivity index (χ1v) is 18.8. The molecule has 256 valence electrons. The predicted octanol–water partition coefficient (Wildman–Crippen LogP) is 11.5. The molecule has 0 spiro atoms. The molecule has 0 aliphatic heterocycles. The van der Waals surface area contributed by atoms with E-state index in [-0.39, 0.29) is 12.5 Å². The van der Waals surface area contributed by atoms with E-state index in [9.17, 15) is 14.0 Å². The lowest BCUT2D eigenvalue weighted by Crippen LogP contribution is -2.29. The minimum absolute atomic E-state index is 0.156. The molecule has 1 fully saturated rings. The summed E-state index contributed by atoms with van der Waals surface area (Å²) >= 11 is 3.55. The molecule has 1 aliphatic rings. The maximum Gasteiger partial charge on any atom is 0.343 e. The molecule has 3 rings (SSSR count). The molecule has 5 nitrogen and oxygen atoms in total. The van der Waals surface area contributed by atoms with Gasteiger partial charge >= 0.3 is 11.9 Å². The van der Waals surface area contributed by atoms with Crippen LogP contribution in [0.5, 0.6) is 11.5 Å². The average Bonchev–Trinajstić information content (AvgIpc) is 3.07. The van der Waals surface area contributed by atoms with Crippen LogP contribution in [0.15, 0.2) is 46.9 Å². The topological polar surface area (TPSA) is 61.8 Å². The van der Waals surface area contributed by atoms with Crippen LogP contribution in [-0.2, 0) is 16.0 Å². The summed E-state index contributed by atoms with van der Waals surface area (Å²) in [6.45, 7) is 4.91. The number of hydrogen-bond donors (Lipinski definition) is 0. The van der Waals surface area contributed by atoms with E-state index in [1.165, 1.54) is 63.4 Å². The summed E-state index contributed by atoms with van der Waals surface area (Å²) in [5.74, 6) is 0.720. The first-order valence-electron chi connectivity index (χ1n) is 18.0. The molecule has 0 N–H and O–H groups in total. The normalized spacial score (nSPS) is 17.0. The van der Waals surface area contributed by atoms with E-state index < -0.39 is 18.1 Å². The van der Waals surface area contributed by atoms with Gasteiger partial charge in [0.05, 0.1) is 16.6 Å². The maximum absolute atomic E-state index is 13.9. The molecule has 2 aromatic carbocycles. The van der Waals surface area contributed by atoms with Crippen LogP contribution in [0.4, 0.5) is 4.39 Å². The molecular formula is C39H56BrFO5. The number of halogens is 2. The predicted molar refractivity (Wildman–Crippen MR) is 187 cm³/mol. The monoisotopic (exact) mass is 702 g/mol. The third kappa shape index (κ3) is 14.6. The highest BCUT2D eigenvalue weighted by Crippen LogP contribution is 2.31. The molecule has 0 heterocycles. The van der Waals surface area contributed by atoms with E-state index in [2.05, 4.69) is 22.9 Å². The Bertz CT molecular complexity index is 1150. The Hall–Kier alpha value is -2.41. The molecule has 2 aromatic rings. The number of unbranched alkanes of at least 4 members (excludes halogenated alkanes) is 10. The Balaban J connectivity index is 1.30. The van der Waals surface area contributed by atoms with E-state index in [4.69, 9.17) is 14.2 Å². The van der Waals surface area contributed by atoms with Crippen LogP contribution >= 0.6 is 15.9 Å². The second kappa shape index (κ2) is 22.2. The zero-order valence-corrected chi connectivity index (χ0v) is 29.8. The van der Waals surface area contributed by atoms with Crippen molar-refractivity contribution < 1.29 is 28.2 Å². The lowest BCUT2D eigenvalue weighted by Gasteiger charge is -2.28. The van der Waals surface area contributed by atoms with Gasteiger partial charge in [-0.1, -0.05) is 96.6 Å². The van der Waals surface area contributed by atoms with Gasteiger partial charge in [-0.3, -0.25) is 0 Å². The number of alkyl halides is 1. The van der Waals surface area contributed by atoms with E-state index in [1.54, 1.807) is 12.1 Å². The SMILES string of the molecule is CCCCCCCCCCCCOc1ccc(C(=O)Oc2ccc(CCC3CCC(OC(=O)[C@H](F)CCCC)CC3)cc2)cc1Br. The molecule has 0 amide bonds. The number of hydrogen-bond acceptors (Lipinski definition) is 5. The standard InChI is InChI=1S/C39H56BrFO5/c1-3-5-7-8-9-10-11-12-13-14-28-44-37-27-22-32(29-35(37)40)38(42)45-33-23-18-30(19-24-33)16-17-31-20-25-34(26-21-31)46-39(43)36(41)15-6-4-2/h18-19,22-24,27,29,31,34,36H,3-17,20-21,25-26,28H2,1-2H3/t31?,34?,36-/m1/s1. The van der Waals surface area contributed by atoms with Crippen LogP contribution in [-0.4, -0.2) is 30.8 Å². The van der Waals surface area contributed by atoms with Crippen molar-refractivity contribution in [3.63, 3.8) is 0 Å². The molecule has 46 heavy (non-hydrogen) atoms. The minimum Gasteiger partial charge on any atom is -0.492 e. The van der Waals surface area contributed by atoms with E-state index in [1.807, 2.05) is 37.3 Å². The van der Waals surface area contributed by atoms with Crippen molar-refractivity contribution in [1.29, 1.82) is 0 Å². The van der Waals surface area contributed by atoms with Gasteiger partial charge in [-0.15, -0.1) is 0 Å². The molecule has 1 aliphatic carbocycles. The van der Waals surface area contributed by atoms with Gasteiger partial charge in [-0.25, -0.2) is 14.0 Å². The van der Waals surface area contributed by atoms with Gasteiger partial charge in [0.2, 0.25) is 0 Å². The summed E-state index contributed by atoms with van der Waals surface area (Å²) in [6.07, 6.45) is 18.6. The highest BCUT2D eigenvalue weighted by Gasteiger charge is 2.27. The van der Waals surface area contributed by atoms with E-state index in [0.29, 0.717) is 30.3 Å². The Morgan fingerprint density at radius 3 is 2.09 bits per heavy atom. The fraction of sp³-hybridized carbons (Fsp3) is 0.641. The van der Waals surface area contributed by atoms with Crippen molar-refractivity contribution >= 4 is 27.9 Å². The number of benzene rings is 2. The molecule has 0 radical (unpaired) electrons. The van der Waals surface area contributed by atoms with Crippen molar-refractivity contribution in [2.45, 2.75) is 148 Å². The summed E-state index contributed by atoms with van der Waals surface area (Å²) in [6, 6.07) is 13.0. The third-order valence-electron chi connectivity index (χ3n) is 9.04. The third-order valence-corrected chi connectivity index (χ3v) is 9.66. The van der Waals surface area contributed by atoms with Gasteiger partial charge in [0.25, 0.3) is 0 Å². The van der Waals surface area contributed by atoms with Crippen molar-refractivity contribution in [2.75, 3.05) is 6.61 Å². The second-order valence-corrected chi connectivity index (χ2v) is 13.8. The van der Waals surface area contributed by atoms with Gasteiger partial charge in [-0.2, -0.15) is 0 Å². The summed E-state index contributed by atoms with van der Waals surface area (Å²) in [5, 5.41) is 0. The van der Waals surface area contributed by atoms with Crippen LogP contribution in [0.3, 0.4) is 0 Å². The summed E-state index contributed by atoms with van der Waals surface area (Å²) in [4.78, 5) is 24.8. The van der Waals surface area contributed by atoms with Crippen molar-refractivity contribution in [2.24, 2.45) is 5.92 Å². The van der Waals surface area contributed by atoms with Gasteiger partial charge in [-0.05, 0) is 109 Å².